The Kier molecular flexibility index (Phi) is 6.58. The van der Waals surface area contributed by atoms with E-state index >= 15 is 0 Å². The average Bonchev–Trinajstić information content (AvgIpc) is 2.70. The number of carbonyl (C=O) groups excluding carboxylic acids is 2. The van der Waals surface area contributed by atoms with E-state index in [4.69, 9.17) is 0 Å². The van der Waals surface area contributed by atoms with Crippen molar-refractivity contribution in [3.05, 3.63) is 66.0 Å². The molecule has 0 aromatic heterocycles. The number of rotatable bonds is 6. The molecule has 3 rings (SSSR count). The third-order valence-electron chi connectivity index (χ3n) is 5.02. The topological polar surface area (TPSA) is 58.2 Å². The lowest BCUT2D eigenvalue weighted by Crippen LogP contribution is -2.47. The molecule has 2 aromatic rings. The molecule has 142 valence electrons. The highest BCUT2D eigenvalue weighted by Crippen LogP contribution is 2.24. The summed E-state index contributed by atoms with van der Waals surface area (Å²) >= 11 is 0. The second-order valence-electron chi connectivity index (χ2n) is 7.05. The first-order valence-corrected chi connectivity index (χ1v) is 9.53. The third-order valence-corrected chi connectivity index (χ3v) is 5.02. The summed E-state index contributed by atoms with van der Waals surface area (Å²) in [4.78, 5) is 25.5. The molecular formula is C22H25FN2O2. The van der Waals surface area contributed by atoms with Gasteiger partial charge in [0.25, 0.3) is 0 Å². The molecule has 2 amide bonds. The molecule has 2 N–H and O–H groups in total. The maximum atomic E-state index is 13.9. The highest BCUT2D eigenvalue weighted by molar-refractivity contribution is 5.97. The molecule has 27 heavy (non-hydrogen) atoms. The lowest BCUT2D eigenvalue weighted by Gasteiger charge is -2.25. The van der Waals surface area contributed by atoms with E-state index in [0.29, 0.717) is 6.42 Å². The first-order chi connectivity index (χ1) is 13.1. The molecule has 0 radical (unpaired) electrons. The largest absolute Gasteiger partial charge is 0.344 e. The van der Waals surface area contributed by atoms with Gasteiger partial charge in [0, 0.05) is 12.3 Å². The lowest BCUT2D eigenvalue weighted by atomic mass is 9.88. The van der Waals surface area contributed by atoms with Crippen molar-refractivity contribution in [1.82, 2.24) is 5.32 Å². The van der Waals surface area contributed by atoms with Gasteiger partial charge in [-0.3, -0.25) is 9.59 Å². The first-order valence-electron chi connectivity index (χ1n) is 9.53. The van der Waals surface area contributed by atoms with Crippen LogP contribution in [0.25, 0.3) is 0 Å². The molecule has 5 heteroatoms. The predicted octanol–water partition coefficient (Wildman–Crippen LogP) is 4.07. The zero-order valence-corrected chi connectivity index (χ0v) is 15.3. The first kappa shape index (κ1) is 19.1. The summed E-state index contributed by atoms with van der Waals surface area (Å²) in [6, 6.07) is 14.8. The van der Waals surface area contributed by atoms with E-state index in [1.54, 1.807) is 12.1 Å². The Morgan fingerprint density at radius 2 is 1.63 bits per heavy atom. The summed E-state index contributed by atoms with van der Waals surface area (Å²) in [6.45, 7) is 0. The number of nitrogens with one attached hydrogen (secondary N) is 2. The van der Waals surface area contributed by atoms with E-state index in [0.717, 1.165) is 37.7 Å². The quantitative estimate of drug-likeness (QED) is 0.807. The van der Waals surface area contributed by atoms with Gasteiger partial charge < -0.3 is 10.6 Å². The van der Waals surface area contributed by atoms with Crippen LogP contribution in [0.5, 0.6) is 0 Å². The Balaban J connectivity index is 1.73. The minimum Gasteiger partial charge on any atom is -0.344 e. The van der Waals surface area contributed by atoms with Crippen LogP contribution in [0.3, 0.4) is 0 Å². The maximum absolute atomic E-state index is 13.9. The number of amides is 2. The van der Waals surface area contributed by atoms with Gasteiger partial charge in [0.2, 0.25) is 11.8 Å². The number of anilines is 1. The number of hydrogen-bond acceptors (Lipinski definition) is 2. The summed E-state index contributed by atoms with van der Waals surface area (Å²) in [7, 11) is 0. The van der Waals surface area contributed by atoms with Crippen LogP contribution in [0.15, 0.2) is 54.6 Å². The smallest absolute Gasteiger partial charge is 0.247 e. The van der Waals surface area contributed by atoms with E-state index in [1.165, 1.54) is 12.1 Å². The van der Waals surface area contributed by atoms with Crippen LogP contribution in [0.2, 0.25) is 0 Å². The minimum atomic E-state index is -0.749. The van der Waals surface area contributed by atoms with Gasteiger partial charge in [-0.2, -0.15) is 0 Å². The molecular weight excluding hydrogens is 343 g/mol. The van der Waals surface area contributed by atoms with Crippen molar-refractivity contribution >= 4 is 17.5 Å². The van der Waals surface area contributed by atoms with Gasteiger partial charge in [-0.15, -0.1) is 0 Å². The van der Waals surface area contributed by atoms with Gasteiger partial charge in [-0.05, 0) is 30.5 Å². The fourth-order valence-electron chi connectivity index (χ4n) is 3.50. The molecule has 1 fully saturated rings. The van der Waals surface area contributed by atoms with Gasteiger partial charge in [-0.25, -0.2) is 4.39 Å². The van der Waals surface area contributed by atoms with Crippen LogP contribution in [0.4, 0.5) is 10.1 Å². The van der Waals surface area contributed by atoms with E-state index in [-0.39, 0.29) is 17.5 Å². The van der Waals surface area contributed by atoms with Crippen LogP contribution in [0.1, 0.15) is 37.7 Å². The monoisotopic (exact) mass is 368 g/mol. The van der Waals surface area contributed by atoms with Crippen molar-refractivity contribution in [3.63, 3.8) is 0 Å². The Labute approximate surface area is 159 Å². The van der Waals surface area contributed by atoms with Crippen molar-refractivity contribution < 1.29 is 14.0 Å². The maximum Gasteiger partial charge on any atom is 0.247 e. The molecule has 0 aliphatic heterocycles. The zero-order chi connectivity index (χ0) is 19.1. The van der Waals surface area contributed by atoms with E-state index in [1.807, 2.05) is 30.3 Å². The summed E-state index contributed by atoms with van der Waals surface area (Å²) in [5.74, 6) is -1.03. The molecule has 2 aromatic carbocycles. The molecule has 0 bridgehead atoms. The van der Waals surface area contributed by atoms with Gasteiger partial charge >= 0.3 is 0 Å². The van der Waals surface area contributed by atoms with Crippen molar-refractivity contribution in [1.29, 1.82) is 0 Å². The summed E-state index contributed by atoms with van der Waals surface area (Å²) in [6.07, 6.45) is 5.33. The van der Waals surface area contributed by atoms with Gasteiger partial charge in [0.1, 0.15) is 11.9 Å². The highest BCUT2D eigenvalue weighted by atomic mass is 19.1. The summed E-state index contributed by atoms with van der Waals surface area (Å²) < 4.78 is 13.9. The van der Waals surface area contributed by atoms with E-state index in [2.05, 4.69) is 10.6 Å². The normalized spacial score (nSPS) is 15.7. The van der Waals surface area contributed by atoms with Crippen LogP contribution in [-0.4, -0.2) is 17.9 Å². The number of para-hydroxylation sites is 1. The molecule has 1 atom stereocenters. The van der Waals surface area contributed by atoms with Crippen molar-refractivity contribution in [2.24, 2.45) is 5.92 Å². The molecule has 1 saturated carbocycles. The lowest BCUT2D eigenvalue weighted by molar-refractivity contribution is -0.130. The highest BCUT2D eigenvalue weighted by Gasteiger charge is 2.27. The van der Waals surface area contributed by atoms with Gasteiger partial charge in [0.05, 0.1) is 5.69 Å². The van der Waals surface area contributed by atoms with Crippen LogP contribution in [-0.2, 0) is 16.0 Å². The van der Waals surface area contributed by atoms with Crippen molar-refractivity contribution in [2.45, 2.75) is 44.6 Å². The Morgan fingerprint density at radius 1 is 0.963 bits per heavy atom. The number of halogens is 1. The Bertz CT molecular complexity index is 773. The minimum absolute atomic E-state index is 0.0433. The fraction of sp³-hybridized carbons (Fsp3) is 0.364. The van der Waals surface area contributed by atoms with Crippen LogP contribution >= 0.6 is 0 Å². The third kappa shape index (κ3) is 5.39. The second kappa shape index (κ2) is 9.31. The number of carbonyl (C=O) groups is 2. The molecule has 0 heterocycles. The number of benzene rings is 2. The van der Waals surface area contributed by atoms with Gasteiger partial charge in [0.15, 0.2) is 0 Å². The molecule has 0 saturated heterocycles. The van der Waals surface area contributed by atoms with Crippen molar-refractivity contribution in [2.75, 3.05) is 5.32 Å². The SMILES string of the molecule is O=C(N[C@H](Cc1ccccc1)C(=O)Nc1ccccc1F)C1CCCCC1. The Morgan fingerprint density at radius 3 is 2.33 bits per heavy atom. The van der Waals surface area contributed by atoms with E-state index in [9.17, 15) is 14.0 Å². The summed E-state index contributed by atoms with van der Waals surface area (Å²) in [5, 5.41) is 5.51. The average molecular weight is 368 g/mol. The Hall–Kier alpha value is -2.69. The van der Waals surface area contributed by atoms with E-state index < -0.39 is 17.8 Å². The molecule has 1 aliphatic carbocycles. The standard InChI is InChI=1S/C22H25FN2O2/c23-18-13-7-8-14-19(18)24-22(27)20(15-16-9-3-1-4-10-16)25-21(26)17-11-5-2-6-12-17/h1,3-4,7-10,13-14,17,20H,2,5-6,11-12,15H2,(H,24,27)(H,25,26)/t20-/m1/s1. The second-order valence-corrected chi connectivity index (χ2v) is 7.05. The van der Waals surface area contributed by atoms with Crippen LogP contribution < -0.4 is 10.6 Å². The fourth-order valence-corrected chi connectivity index (χ4v) is 3.50. The number of hydrogen-bond donors (Lipinski definition) is 2. The predicted molar refractivity (Wildman–Crippen MR) is 104 cm³/mol. The molecule has 0 unspecified atom stereocenters. The zero-order valence-electron chi connectivity index (χ0n) is 15.3. The molecule has 1 aliphatic rings. The van der Waals surface area contributed by atoms with Gasteiger partial charge in [-0.1, -0.05) is 61.7 Å². The van der Waals surface area contributed by atoms with Crippen molar-refractivity contribution in [3.8, 4) is 0 Å². The molecule has 0 spiro atoms. The summed E-state index contributed by atoms with van der Waals surface area (Å²) in [5.41, 5.74) is 1.06. The molecule has 4 nitrogen and oxygen atoms in total. The van der Waals surface area contributed by atoms with Crippen LogP contribution in [0, 0.1) is 11.7 Å².